The Morgan fingerprint density at radius 2 is 1.03 bits per heavy atom. The molecule has 0 aliphatic carbocycles. The maximum atomic E-state index is 11.8. The van der Waals surface area contributed by atoms with Gasteiger partial charge in [-0.3, -0.25) is 0 Å². The van der Waals surface area contributed by atoms with Crippen LogP contribution in [-0.2, 0) is 4.74 Å². The molecule has 0 bridgehead atoms. The number of hydrogen-bond donors (Lipinski definition) is 2. The first-order valence-corrected chi connectivity index (χ1v) is 10.7. The Morgan fingerprint density at radius 3 is 1.35 bits per heavy atom. The van der Waals surface area contributed by atoms with Crippen LogP contribution in [-0.4, -0.2) is 24.4 Å². The van der Waals surface area contributed by atoms with Gasteiger partial charge in [0.15, 0.2) is 0 Å². The second-order valence-electron chi connectivity index (χ2n) is 7.18. The Bertz CT molecular complexity index is 1080. The highest BCUT2D eigenvalue weighted by molar-refractivity contribution is 5.95. The quantitative estimate of drug-likeness (QED) is 0.354. The average Bonchev–Trinajstić information content (AvgIpc) is 2.90. The van der Waals surface area contributed by atoms with E-state index in [2.05, 4.69) is 5.32 Å². The lowest BCUT2D eigenvalue weighted by atomic mass is 9.99. The van der Waals surface area contributed by atoms with Crippen LogP contribution in [0, 0.1) is 0 Å². The van der Waals surface area contributed by atoms with E-state index in [1.807, 2.05) is 121 Å². The van der Waals surface area contributed by atoms with Crippen LogP contribution in [0.1, 0.15) is 17.2 Å². The largest absolute Gasteiger partial charge is 0.465 e. The van der Waals surface area contributed by atoms with Crippen LogP contribution >= 0.6 is 0 Å². The van der Waals surface area contributed by atoms with E-state index in [0.717, 1.165) is 22.5 Å². The molecule has 0 aliphatic rings. The molecule has 34 heavy (non-hydrogen) atoms. The third-order valence-electron chi connectivity index (χ3n) is 4.92. The maximum Gasteiger partial charge on any atom is 0.418 e. The van der Waals surface area contributed by atoms with Crippen LogP contribution in [0.2, 0.25) is 0 Å². The molecule has 0 fully saturated rings. The van der Waals surface area contributed by atoms with E-state index in [0.29, 0.717) is 0 Å². The molecule has 4 aromatic rings. The van der Waals surface area contributed by atoms with Gasteiger partial charge < -0.3 is 15.2 Å². The monoisotopic (exact) mass is 454 g/mol. The summed E-state index contributed by atoms with van der Waals surface area (Å²) in [5.41, 5.74) is 3.43. The van der Waals surface area contributed by atoms with Crippen molar-refractivity contribution in [2.75, 3.05) is 12.0 Å². The van der Waals surface area contributed by atoms with Gasteiger partial charge in [-0.2, -0.15) is 0 Å². The molecule has 0 heterocycles. The van der Waals surface area contributed by atoms with E-state index in [1.165, 1.54) is 12.0 Å². The molecule has 0 saturated carbocycles. The molecule has 0 atom stereocenters. The lowest BCUT2D eigenvalue weighted by Crippen LogP contribution is -2.27. The summed E-state index contributed by atoms with van der Waals surface area (Å²) in [6.07, 6.45) is -1.43. The fourth-order valence-electron chi connectivity index (χ4n) is 3.38. The van der Waals surface area contributed by atoms with Crippen molar-refractivity contribution in [3.63, 3.8) is 0 Å². The van der Waals surface area contributed by atoms with Gasteiger partial charge >= 0.3 is 12.2 Å². The zero-order valence-corrected chi connectivity index (χ0v) is 18.7. The summed E-state index contributed by atoms with van der Waals surface area (Å²) in [5.74, 6) is 0. The minimum absolute atomic E-state index is 0.324. The molecule has 4 rings (SSSR count). The van der Waals surface area contributed by atoms with E-state index in [-0.39, 0.29) is 6.04 Å². The molecule has 6 heteroatoms. The van der Waals surface area contributed by atoms with Crippen molar-refractivity contribution < 1.29 is 19.4 Å². The molecular formula is C28H26N2O4. The SMILES string of the molecule is COC(=O)N(c1ccccc1)c1ccccc1.O=C(O)NC(c1ccccc1)c1ccccc1. The average molecular weight is 455 g/mol. The number of anilines is 2. The zero-order valence-electron chi connectivity index (χ0n) is 18.7. The number of carbonyl (C=O) groups excluding carboxylic acids is 1. The highest BCUT2D eigenvalue weighted by Crippen LogP contribution is 2.25. The van der Waals surface area contributed by atoms with E-state index < -0.39 is 12.2 Å². The van der Waals surface area contributed by atoms with Crippen molar-refractivity contribution >= 4 is 23.6 Å². The van der Waals surface area contributed by atoms with Crippen molar-refractivity contribution in [1.29, 1.82) is 0 Å². The Labute approximate surface area is 199 Å². The number of nitrogens with one attached hydrogen (secondary N) is 1. The molecule has 172 valence electrons. The first-order chi connectivity index (χ1) is 16.6. The van der Waals surface area contributed by atoms with Crippen molar-refractivity contribution in [3.05, 3.63) is 132 Å². The van der Waals surface area contributed by atoms with Gasteiger partial charge in [0.05, 0.1) is 24.5 Å². The standard InChI is InChI=1S/2C14H13NO2/c1-17-14(16)15(12-8-4-2-5-9-12)13-10-6-3-7-11-13;16-14(17)15-13(11-7-3-1-4-8-11)12-9-5-2-6-10-12/h2-11H,1H3;1-10,13,15H,(H,16,17). The van der Waals surface area contributed by atoms with Crippen LogP contribution < -0.4 is 10.2 Å². The molecular weight excluding hydrogens is 428 g/mol. The third kappa shape index (κ3) is 6.71. The normalized spacial score (nSPS) is 9.94. The van der Waals surface area contributed by atoms with Gasteiger partial charge in [0, 0.05) is 0 Å². The second kappa shape index (κ2) is 12.5. The third-order valence-corrected chi connectivity index (χ3v) is 4.92. The number of carbonyl (C=O) groups is 2. The first kappa shape index (κ1) is 24.1. The topological polar surface area (TPSA) is 78.9 Å². The molecule has 2 N–H and O–H groups in total. The molecule has 6 nitrogen and oxygen atoms in total. The Kier molecular flexibility index (Phi) is 8.82. The highest BCUT2D eigenvalue weighted by atomic mass is 16.5. The summed E-state index contributed by atoms with van der Waals surface area (Å²) in [4.78, 5) is 24.2. The van der Waals surface area contributed by atoms with Crippen molar-refractivity contribution in [1.82, 2.24) is 5.32 Å². The fourth-order valence-corrected chi connectivity index (χ4v) is 3.38. The Balaban J connectivity index is 0.000000191. The number of carboxylic acid groups (broad SMARTS) is 1. The Hall–Kier alpha value is -4.58. The molecule has 0 spiro atoms. The van der Waals surface area contributed by atoms with Gasteiger partial charge in [-0.15, -0.1) is 0 Å². The van der Waals surface area contributed by atoms with Crippen LogP contribution in [0.15, 0.2) is 121 Å². The molecule has 4 aromatic carbocycles. The number of benzene rings is 4. The smallest absolute Gasteiger partial charge is 0.418 e. The predicted molar refractivity (Wildman–Crippen MR) is 133 cm³/mol. The minimum atomic E-state index is -1.03. The van der Waals surface area contributed by atoms with Gasteiger partial charge in [-0.25, -0.2) is 14.5 Å². The minimum Gasteiger partial charge on any atom is -0.465 e. The Morgan fingerprint density at radius 1 is 0.676 bits per heavy atom. The van der Waals surface area contributed by atoms with E-state index in [9.17, 15) is 9.59 Å². The number of hydrogen-bond acceptors (Lipinski definition) is 3. The molecule has 0 saturated heterocycles. The number of methoxy groups -OCH3 is 1. The first-order valence-electron chi connectivity index (χ1n) is 10.7. The van der Waals surface area contributed by atoms with Crippen molar-refractivity contribution in [3.8, 4) is 0 Å². The highest BCUT2D eigenvalue weighted by Gasteiger charge is 2.17. The van der Waals surface area contributed by atoms with Gasteiger partial charge in [-0.1, -0.05) is 97.1 Å². The second-order valence-corrected chi connectivity index (χ2v) is 7.18. The predicted octanol–water partition coefficient (Wildman–Crippen LogP) is 6.63. The molecule has 0 unspecified atom stereocenters. The van der Waals surface area contributed by atoms with Crippen LogP contribution in [0.3, 0.4) is 0 Å². The van der Waals surface area contributed by atoms with E-state index >= 15 is 0 Å². The summed E-state index contributed by atoms with van der Waals surface area (Å²) in [6, 6.07) is 37.5. The van der Waals surface area contributed by atoms with Crippen molar-refractivity contribution in [2.45, 2.75) is 6.04 Å². The molecule has 0 aliphatic heterocycles. The van der Waals surface area contributed by atoms with E-state index in [4.69, 9.17) is 9.84 Å². The summed E-state index contributed by atoms with van der Waals surface area (Å²) >= 11 is 0. The lowest BCUT2D eigenvalue weighted by molar-refractivity contribution is 0.181. The number of amides is 2. The summed E-state index contributed by atoms with van der Waals surface area (Å²) < 4.78 is 4.81. The van der Waals surface area contributed by atoms with Crippen LogP contribution in [0.4, 0.5) is 21.0 Å². The lowest BCUT2D eigenvalue weighted by Gasteiger charge is -2.21. The van der Waals surface area contributed by atoms with Crippen LogP contribution in [0.5, 0.6) is 0 Å². The maximum absolute atomic E-state index is 11.8. The number of ether oxygens (including phenoxy) is 1. The van der Waals surface area contributed by atoms with Gasteiger partial charge in [0.1, 0.15) is 0 Å². The van der Waals surface area contributed by atoms with Crippen molar-refractivity contribution in [2.24, 2.45) is 0 Å². The van der Waals surface area contributed by atoms with E-state index in [1.54, 1.807) is 0 Å². The van der Waals surface area contributed by atoms with Gasteiger partial charge in [-0.05, 0) is 35.4 Å². The molecule has 0 radical (unpaired) electrons. The molecule has 0 aromatic heterocycles. The number of para-hydroxylation sites is 2. The van der Waals surface area contributed by atoms with Crippen LogP contribution in [0.25, 0.3) is 0 Å². The van der Waals surface area contributed by atoms with Gasteiger partial charge in [0.2, 0.25) is 0 Å². The fraction of sp³-hybridized carbons (Fsp3) is 0.0714. The summed E-state index contributed by atoms with van der Waals surface area (Å²) in [7, 11) is 1.38. The number of rotatable bonds is 5. The molecule has 2 amide bonds. The number of nitrogens with zero attached hydrogens (tertiary/aromatic N) is 1. The summed E-state index contributed by atoms with van der Waals surface area (Å²) in [6.45, 7) is 0. The summed E-state index contributed by atoms with van der Waals surface area (Å²) in [5, 5.41) is 11.4. The zero-order chi connectivity index (χ0) is 24.2. The van der Waals surface area contributed by atoms with Gasteiger partial charge in [0.25, 0.3) is 0 Å².